The number of nitrogens with zero attached hydrogens (tertiary/aromatic N) is 2. The first-order chi connectivity index (χ1) is 10.3. The third kappa shape index (κ3) is 3.45. The summed E-state index contributed by atoms with van der Waals surface area (Å²) in [5, 5.41) is 3.40. The first-order valence-corrected chi connectivity index (χ1v) is 7.69. The number of ether oxygens (including phenoxy) is 1. The van der Waals surface area contributed by atoms with Crippen LogP contribution in [-0.2, 0) is 11.3 Å². The molecule has 2 N–H and O–H groups in total. The second kappa shape index (κ2) is 6.60. The van der Waals surface area contributed by atoms with Crippen LogP contribution in [-0.4, -0.2) is 73.2 Å². The standard InChI is InChI=1S/C15H24N4O2/c1-21-15(20)14-3-2-12(17-14)10-18-7-4-13(11-18)19-8-5-16-6-9-19/h2-3,13,16-17H,4-11H2,1H3. The molecule has 2 fully saturated rings. The van der Waals surface area contributed by atoms with Crippen LogP contribution >= 0.6 is 0 Å². The van der Waals surface area contributed by atoms with Gasteiger partial charge in [-0.05, 0) is 18.6 Å². The van der Waals surface area contributed by atoms with Crippen molar-refractivity contribution >= 4 is 5.97 Å². The van der Waals surface area contributed by atoms with Gasteiger partial charge in [0.15, 0.2) is 0 Å². The Morgan fingerprint density at radius 2 is 2.14 bits per heavy atom. The fourth-order valence-electron chi connectivity index (χ4n) is 3.30. The zero-order chi connectivity index (χ0) is 14.7. The minimum Gasteiger partial charge on any atom is -0.464 e. The van der Waals surface area contributed by atoms with E-state index in [9.17, 15) is 4.79 Å². The Hall–Kier alpha value is -1.37. The number of carbonyl (C=O) groups is 1. The molecule has 1 aromatic rings. The number of esters is 1. The smallest absolute Gasteiger partial charge is 0.354 e. The molecule has 2 aliphatic rings. The van der Waals surface area contributed by atoms with E-state index >= 15 is 0 Å². The van der Waals surface area contributed by atoms with E-state index in [2.05, 4.69) is 20.1 Å². The molecule has 0 saturated carbocycles. The minimum atomic E-state index is -0.304. The van der Waals surface area contributed by atoms with Gasteiger partial charge in [0.2, 0.25) is 0 Å². The molecule has 0 amide bonds. The van der Waals surface area contributed by atoms with Gasteiger partial charge in [-0.2, -0.15) is 0 Å². The van der Waals surface area contributed by atoms with Crippen molar-refractivity contribution in [1.29, 1.82) is 0 Å². The van der Waals surface area contributed by atoms with Gasteiger partial charge in [0.25, 0.3) is 0 Å². The molecule has 21 heavy (non-hydrogen) atoms. The van der Waals surface area contributed by atoms with Gasteiger partial charge in [0.1, 0.15) is 5.69 Å². The molecule has 3 heterocycles. The van der Waals surface area contributed by atoms with Crippen molar-refractivity contribution in [1.82, 2.24) is 20.1 Å². The van der Waals surface area contributed by atoms with E-state index in [4.69, 9.17) is 4.74 Å². The lowest BCUT2D eigenvalue weighted by Gasteiger charge is -2.32. The van der Waals surface area contributed by atoms with E-state index in [0.717, 1.165) is 51.5 Å². The maximum atomic E-state index is 11.4. The van der Waals surface area contributed by atoms with Gasteiger partial charge in [-0.3, -0.25) is 9.80 Å². The lowest BCUT2D eigenvalue weighted by Crippen LogP contribution is -2.49. The number of H-pyrrole nitrogens is 1. The number of likely N-dealkylation sites (tertiary alicyclic amines) is 1. The molecule has 1 aromatic heterocycles. The van der Waals surface area contributed by atoms with Crippen LogP contribution in [0.2, 0.25) is 0 Å². The third-order valence-electron chi connectivity index (χ3n) is 4.46. The molecule has 0 aromatic carbocycles. The van der Waals surface area contributed by atoms with Crippen LogP contribution in [0.3, 0.4) is 0 Å². The van der Waals surface area contributed by atoms with Crippen LogP contribution in [0.4, 0.5) is 0 Å². The van der Waals surface area contributed by atoms with E-state index in [1.807, 2.05) is 6.07 Å². The van der Waals surface area contributed by atoms with E-state index in [1.54, 1.807) is 6.07 Å². The SMILES string of the molecule is COC(=O)c1ccc(CN2CCC(N3CCNCC3)C2)[nH]1. The Morgan fingerprint density at radius 1 is 1.33 bits per heavy atom. The number of aromatic nitrogens is 1. The van der Waals surface area contributed by atoms with Gasteiger partial charge in [-0.15, -0.1) is 0 Å². The van der Waals surface area contributed by atoms with Crippen LogP contribution < -0.4 is 5.32 Å². The van der Waals surface area contributed by atoms with Crippen molar-refractivity contribution < 1.29 is 9.53 Å². The van der Waals surface area contributed by atoms with Gasteiger partial charge in [-0.1, -0.05) is 0 Å². The number of piperazine rings is 1. The van der Waals surface area contributed by atoms with Crippen molar-refractivity contribution in [3.8, 4) is 0 Å². The quantitative estimate of drug-likeness (QED) is 0.781. The minimum absolute atomic E-state index is 0.304. The normalized spacial score (nSPS) is 24.3. The van der Waals surface area contributed by atoms with E-state index in [-0.39, 0.29) is 5.97 Å². The van der Waals surface area contributed by atoms with E-state index in [1.165, 1.54) is 13.5 Å². The average molecular weight is 292 g/mol. The topological polar surface area (TPSA) is 60.6 Å². The molecule has 0 radical (unpaired) electrons. The number of methoxy groups -OCH3 is 1. The summed E-state index contributed by atoms with van der Waals surface area (Å²) in [6, 6.07) is 4.46. The van der Waals surface area contributed by atoms with Crippen molar-refractivity contribution in [3.05, 3.63) is 23.5 Å². The monoisotopic (exact) mass is 292 g/mol. The number of carbonyl (C=O) groups excluding carboxylic acids is 1. The highest BCUT2D eigenvalue weighted by Gasteiger charge is 2.28. The number of hydrogen-bond acceptors (Lipinski definition) is 5. The molecular weight excluding hydrogens is 268 g/mol. The Labute approximate surface area is 125 Å². The highest BCUT2D eigenvalue weighted by Crippen LogP contribution is 2.18. The second-order valence-corrected chi connectivity index (χ2v) is 5.85. The maximum absolute atomic E-state index is 11.4. The van der Waals surface area contributed by atoms with Gasteiger partial charge in [0, 0.05) is 57.5 Å². The Balaban J connectivity index is 1.52. The summed E-state index contributed by atoms with van der Waals surface area (Å²) >= 11 is 0. The molecule has 1 unspecified atom stereocenters. The summed E-state index contributed by atoms with van der Waals surface area (Å²) in [5.41, 5.74) is 1.61. The predicted molar refractivity (Wildman–Crippen MR) is 80.3 cm³/mol. The Kier molecular flexibility index (Phi) is 4.57. The zero-order valence-electron chi connectivity index (χ0n) is 12.6. The molecule has 0 spiro atoms. The lowest BCUT2D eigenvalue weighted by atomic mass is 10.2. The second-order valence-electron chi connectivity index (χ2n) is 5.85. The summed E-state index contributed by atoms with van der Waals surface area (Å²) < 4.78 is 4.72. The summed E-state index contributed by atoms with van der Waals surface area (Å²) in [4.78, 5) is 19.6. The predicted octanol–water partition coefficient (Wildman–Crippen LogP) is 0.281. The number of aromatic amines is 1. The summed E-state index contributed by atoms with van der Waals surface area (Å²) in [6.45, 7) is 7.65. The number of hydrogen-bond donors (Lipinski definition) is 2. The highest BCUT2D eigenvalue weighted by molar-refractivity contribution is 5.87. The Morgan fingerprint density at radius 3 is 2.90 bits per heavy atom. The fraction of sp³-hybridized carbons (Fsp3) is 0.667. The maximum Gasteiger partial charge on any atom is 0.354 e. The Bertz CT molecular complexity index is 482. The average Bonchev–Trinajstić information content (AvgIpc) is 3.17. The highest BCUT2D eigenvalue weighted by atomic mass is 16.5. The van der Waals surface area contributed by atoms with Crippen LogP contribution in [0, 0.1) is 0 Å². The van der Waals surface area contributed by atoms with Crippen LogP contribution in [0.15, 0.2) is 12.1 Å². The first kappa shape index (κ1) is 14.6. The van der Waals surface area contributed by atoms with Crippen molar-refractivity contribution in [3.63, 3.8) is 0 Å². The molecule has 3 rings (SSSR count). The molecule has 0 bridgehead atoms. The first-order valence-electron chi connectivity index (χ1n) is 7.69. The van der Waals surface area contributed by atoms with E-state index < -0.39 is 0 Å². The van der Waals surface area contributed by atoms with Gasteiger partial charge in [0.05, 0.1) is 7.11 Å². The summed E-state index contributed by atoms with van der Waals surface area (Å²) in [6.07, 6.45) is 1.24. The molecular formula is C15H24N4O2. The van der Waals surface area contributed by atoms with Crippen molar-refractivity contribution in [2.45, 2.75) is 19.0 Å². The van der Waals surface area contributed by atoms with Gasteiger partial charge < -0.3 is 15.0 Å². The molecule has 2 saturated heterocycles. The summed E-state index contributed by atoms with van der Waals surface area (Å²) in [5.74, 6) is -0.304. The zero-order valence-corrected chi connectivity index (χ0v) is 12.6. The van der Waals surface area contributed by atoms with Crippen LogP contribution in [0.25, 0.3) is 0 Å². The van der Waals surface area contributed by atoms with Gasteiger partial charge >= 0.3 is 5.97 Å². The third-order valence-corrected chi connectivity index (χ3v) is 4.46. The molecule has 6 heteroatoms. The van der Waals surface area contributed by atoms with Crippen LogP contribution in [0.1, 0.15) is 22.6 Å². The van der Waals surface area contributed by atoms with E-state index in [0.29, 0.717) is 11.7 Å². The number of rotatable bonds is 4. The van der Waals surface area contributed by atoms with Crippen molar-refractivity contribution in [2.24, 2.45) is 0 Å². The fourth-order valence-corrected chi connectivity index (χ4v) is 3.30. The number of nitrogens with one attached hydrogen (secondary N) is 2. The molecule has 1 atom stereocenters. The molecule has 6 nitrogen and oxygen atoms in total. The van der Waals surface area contributed by atoms with Crippen LogP contribution in [0.5, 0.6) is 0 Å². The van der Waals surface area contributed by atoms with Crippen molar-refractivity contribution in [2.75, 3.05) is 46.4 Å². The molecule has 2 aliphatic heterocycles. The van der Waals surface area contributed by atoms with Gasteiger partial charge in [-0.25, -0.2) is 4.79 Å². The largest absolute Gasteiger partial charge is 0.464 e. The summed E-state index contributed by atoms with van der Waals surface area (Å²) in [7, 11) is 1.40. The molecule has 116 valence electrons. The molecule has 0 aliphatic carbocycles. The lowest BCUT2D eigenvalue weighted by molar-refractivity contribution is 0.0594.